The van der Waals surface area contributed by atoms with Crippen LogP contribution in [0.3, 0.4) is 0 Å². The molecular weight excluding hydrogens is 532 g/mol. The van der Waals surface area contributed by atoms with Crippen molar-refractivity contribution in [3.63, 3.8) is 0 Å². The Morgan fingerprint density at radius 2 is 1.50 bits per heavy atom. The van der Waals surface area contributed by atoms with Crippen molar-refractivity contribution in [2.75, 3.05) is 36.1 Å². The third kappa shape index (κ3) is 6.82. The summed E-state index contributed by atoms with van der Waals surface area (Å²) in [6.07, 6.45) is 3.62. The number of nitrogens with two attached hydrogens (primary N) is 3. The number of hydrogen-bond donors (Lipinski definition) is 4. The van der Waals surface area contributed by atoms with Gasteiger partial charge in [0.1, 0.15) is 5.82 Å². The van der Waals surface area contributed by atoms with E-state index in [4.69, 9.17) is 26.7 Å². The van der Waals surface area contributed by atoms with E-state index in [1.807, 2.05) is 30.3 Å². The van der Waals surface area contributed by atoms with E-state index in [2.05, 4.69) is 24.7 Å². The molecule has 0 amide bonds. The van der Waals surface area contributed by atoms with Crippen molar-refractivity contribution < 1.29 is 17.9 Å². The van der Waals surface area contributed by atoms with Crippen LogP contribution in [0.25, 0.3) is 11.0 Å². The molecule has 5 rings (SSSR count). The third-order valence-corrected chi connectivity index (χ3v) is 7.01. The number of nitrogens with one attached hydrogen (secondary N) is 1. The summed E-state index contributed by atoms with van der Waals surface area (Å²) in [5.74, 6) is 2.10. The Morgan fingerprint density at radius 1 is 0.800 bits per heavy atom. The minimum Gasteiger partial charge on any atom is -0.493 e. The second kappa shape index (κ2) is 12.1. The molecule has 40 heavy (non-hydrogen) atoms. The molecule has 0 spiro atoms. The SMILES string of the molecule is COc1ccc(Cc2cnc(N)nc2N)cc1OC.Nc1ccc(S(=O)(=O)Nc2cnc3ccccc3n2)cc1. The molecule has 5 aromatic rings. The van der Waals surface area contributed by atoms with Crippen LogP contribution in [0.2, 0.25) is 0 Å². The van der Waals surface area contributed by atoms with Gasteiger partial charge in [0.05, 0.1) is 36.3 Å². The minimum absolute atomic E-state index is 0.117. The molecule has 0 atom stereocenters. The molecular formula is C27H28N8O4S. The van der Waals surface area contributed by atoms with Gasteiger partial charge in [0.25, 0.3) is 10.0 Å². The van der Waals surface area contributed by atoms with Gasteiger partial charge in [0.15, 0.2) is 17.3 Å². The van der Waals surface area contributed by atoms with Crippen LogP contribution < -0.4 is 31.4 Å². The summed E-state index contributed by atoms with van der Waals surface area (Å²) in [5.41, 5.74) is 20.5. The van der Waals surface area contributed by atoms with E-state index in [1.165, 1.54) is 30.5 Å². The lowest BCUT2D eigenvalue weighted by atomic mass is 10.1. The van der Waals surface area contributed by atoms with Crippen LogP contribution >= 0.6 is 0 Å². The van der Waals surface area contributed by atoms with Crippen molar-refractivity contribution >= 4 is 44.3 Å². The predicted molar refractivity (Wildman–Crippen MR) is 154 cm³/mol. The van der Waals surface area contributed by atoms with Gasteiger partial charge in [0.2, 0.25) is 5.95 Å². The molecule has 0 unspecified atom stereocenters. The van der Waals surface area contributed by atoms with Gasteiger partial charge < -0.3 is 26.7 Å². The number of fused-ring (bicyclic) bond motifs is 1. The Balaban J connectivity index is 0.000000186. The number of hydrogen-bond acceptors (Lipinski definition) is 11. The molecule has 3 aromatic carbocycles. The number of benzene rings is 3. The first-order valence-corrected chi connectivity index (χ1v) is 13.3. The number of sulfonamides is 1. The summed E-state index contributed by atoms with van der Waals surface area (Å²) < 4.78 is 37.3. The zero-order valence-electron chi connectivity index (χ0n) is 21.8. The molecule has 0 saturated heterocycles. The highest BCUT2D eigenvalue weighted by Crippen LogP contribution is 2.29. The fraction of sp³-hybridized carbons (Fsp3) is 0.111. The Morgan fingerprint density at radius 3 is 2.17 bits per heavy atom. The fourth-order valence-corrected chi connectivity index (χ4v) is 4.62. The van der Waals surface area contributed by atoms with Gasteiger partial charge in [-0.3, -0.25) is 9.71 Å². The smallest absolute Gasteiger partial charge is 0.263 e. The zero-order valence-corrected chi connectivity index (χ0v) is 22.6. The average Bonchev–Trinajstić information content (AvgIpc) is 2.95. The number of methoxy groups -OCH3 is 2. The van der Waals surface area contributed by atoms with Gasteiger partial charge in [-0.1, -0.05) is 18.2 Å². The molecule has 12 nitrogen and oxygen atoms in total. The van der Waals surface area contributed by atoms with Gasteiger partial charge in [-0.25, -0.2) is 18.4 Å². The standard InChI is InChI=1S/C14H12N4O2S.C13H16N4O2/c15-10-5-7-11(8-6-10)21(19,20)18-14-9-16-12-3-1-2-4-13(12)17-14;1-18-10-4-3-8(6-11(10)19-2)5-9-7-16-13(15)17-12(9)14/h1-9H,15H2,(H,17,18);3-4,6-7H,5H2,1-2H3,(H4,14,15,16,17). The van der Waals surface area contributed by atoms with Crippen molar-refractivity contribution in [1.29, 1.82) is 0 Å². The van der Waals surface area contributed by atoms with Crippen molar-refractivity contribution in [1.82, 2.24) is 19.9 Å². The van der Waals surface area contributed by atoms with Crippen molar-refractivity contribution in [2.24, 2.45) is 0 Å². The average molecular weight is 561 g/mol. The first-order chi connectivity index (χ1) is 19.2. The molecule has 0 aliphatic carbocycles. The van der Waals surface area contributed by atoms with Crippen LogP contribution in [0.15, 0.2) is 84.0 Å². The van der Waals surface area contributed by atoms with Gasteiger partial charge in [-0.2, -0.15) is 4.98 Å². The lowest BCUT2D eigenvalue weighted by molar-refractivity contribution is 0.354. The maximum absolute atomic E-state index is 12.2. The molecule has 13 heteroatoms. The Bertz CT molecular complexity index is 1730. The lowest BCUT2D eigenvalue weighted by Crippen LogP contribution is -2.14. The third-order valence-electron chi connectivity index (χ3n) is 5.64. The van der Waals surface area contributed by atoms with Crippen molar-refractivity contribution in [2.45, 2.75) is 11.3 Å². The fourth-order valence-electron chi connectivity index (χ4n) is 3.63. The van der Waals surface area contributed by atoms with Crippen LogP contribution in [0.1, 0.15) is 11.1 Å². The summed E-state index contributed by atoms with van der Waals surface area (Å²) >= 11 is 0. The van der Waals surface area contributed by atoms with E-state index in [0.717, 1.165) is 11.1 Å². The number of rotatable bonds is 7. The molecule has 2 heterocycles. The summed E-state index contributed by atoms with van der Waals surface area (Å²) in [5, 5.41) is 0. The van der Waals surface area contributed by atoms with Crippen molar-refractivity contribution in [3.8, 4) is 11.5 Å². The topological polar surface area (TPSA) is 194 Å². The highest BCUT2D eigenvalue weighted by molar-refractivity contribution is 7.92. The van der Waals surface area contributed by atoms with E-state index in [9.17, 15) is 8.42 Å². The highest BCUT2D eigenvalue weighted by Gasteiger charge is 2.15. The van der Waals surface area contributed by atoms with Crippen LogP contribution in [0, 0.1) is 0 Å². The molecule has 0 aliphatic heterocycles. The second-order valence-electron chi connectivity index (χ2n) is 8.42. The Labute approximate surface area is 231 Å². The number of nitrogens with zero attached hydrogens (tertiary/aromatic N) is 4. The molecule has 0 saturated carbocycles. The van der Waals surface area contributed by atoms with Gasteiger partial charge in [0, 0.05) is 23.9 Å². The minimum atomic E-state index is -3.71. The molecule has 206 valence electrons. The Hall–Kier alpha value is -5.17. The predicted octanol–water partition coefficient (Wildman–Crippen LogP) is 3.26. The molecule has 0 fully saturated rings. The summed E-state index contributed by atoms with van der Waals surface area (Å²) in [7, 11) is -0.507. The van der Waals surface area contributed by atoms with Gasteiger partial charge in [-0.15, -0.1) is 0 Å². The maximum Gasteiger partial charge on any atom is 0.263 e. The second-order valence-corrected chi connectivity index (χ2v) is 10.1. The highest BCUT2D eigenvalue weighted by atomic mass is 32.2. The summed E-state index contributed by atoms with van der Waals surface area (Å²) in [6, 6.07) is 18.8. The summed E-state index contributed by atoms with van der Waals surface area (Å²) in [6.45, 7) is 0. The molecule has 0 bridgehead atoms. The molecule has 7 N–H and O–H groups in total. The van der Waals surface area contributed by atoms with E-state index in [1.54, 1.807) is 32.5 Å². The van der Waals surface area contributed by atoms with Gasteiger partial charge in [-0.05, 0) is 54.1 Å². The zero-order chi connectivity index (χ0) is 28.7. The maximum atomic E-state index is 12.2. The monoisotopic (exact) mass is 560 g/mol. The largest absolute Gasteiger partial charge is 0.493 e. The van der Waals surface area contributed by atoms with Crippen molar-refractivity contribution in [3.05, 3.63) is 90.3 Å². The van der Waals surface area contributed by atoms with E-state index in [-0.39, 0.29) is 16.7 Å². The summed E-state index contributed by atoms with van der Waals surface area (Å²) in [4.78, 5) is 16.4. The quantitative estimate of drug-likeness (QED) is 0.213. The first-order valence-electron chi connectivity index (χ1n) is 11.9. The van der Waals surface area contributed by atoms with Crippen LogP contribution in [-0.2, 0) is 16.4 Å². The lowest BCUT2D eigenvalue weighted by Gasteiger charge is -2.10. The van der Waals surface area contributed by atoms with E-state index in [0.29, 0.717) is 40.5 Å². The van der Waals surface area contributed by atoms with Crippen LogP contribution in [0.5, 0.6) is 11.5 Å². The molecule has 2 aromatic heterocycles. The normalized spacial score (nSPS) is 10.8. The molecule has 0 aliphatic rings. The van der Waals surface area contributed by atoms with Crippen LogP contribution in [-0.4, -0.2) is 42.6 Å². The Kier molecular flexibility index (Phi) is 8.45. The number of para-hydroxylation sites is 2. The van der Waals surface area contributed by atoms with Gasteiger partial charge >= 0.3 is 0 Å². The van der Waals surface area contributed by atoms with Crippen LogP contribution in [0.4, 0.5) is 23.3 Å². The first kappa shape index (κ1) is 27.9. The number of nitrogen functional groups attached to an aromatic ring is 3. The molecule has 0 radical (unpaired) electrons. The number of anilines is 4. The number of ether oxygens (including phenoxy) is 2. The van der Waals surface area contributed by atoms with E-state index < -0.39 is 10.0 Å². The van der Waals surface area contributed by atoms with E-state index >= 15 is 0 Å². The number of aromatic nitrogens is 4.